The molecule has 0 fully saturated rings. The lowest BCUT2D eigenvalue weighted by Gasteiger charge is -2.02. The van der Waals surface area contributed by atoms with Crippen molar-refractivity contribution in [1.29, 1.82) is 0 Å². The number of Topliss-reactive ketones (excluding diaryl/α,β-unsaturated/α-hetero) is 1. The van der Waals surface area contributed by atoms with Crippen molar-refractivity contribution in [3.05, 3.63) is 24.3 Å². The largest absolute Gasteiger partial charge is 0.296 e. The van der Waals surface area contributed by atoms with E-state index in [0.717, 1.165) is 0 Å². The van der Waals surface area contributed by atoms with E-state index in [1.165, 1.54) is 0 Å². The van der Waals surface area contributed by atoms with Crippen LogP contribution < -0.4 is 0 Å². The summed E-state index contributed by atoms with van der Waals surface area (Å²) >= 11 is 10.7. The van der Waals surface area contributed by atoms with Gasteiger partial charge in [0.25, 0.3) is 0 Å². The predicted octanol–water partition coefficient (Wildman–Crippen LogP) is 2.10. The lowest BCUT2D eigenvalue weighted by molar-refractivity contribution is -0.118. The van der Waals surface area contributed by atoms with Crippen molar-refractivity contribution >= 4 is 29.0 Å². The molecule has 0 amide bonds. The fraction of sp³-hybridized carbons (Fsp3) is 0.286. The van der Waals surface area contributed by atoms with E-state index in [2.05, 4.69) is 0 Å². The molecule has 54 valence electrons. The molecule has 0 saturated heterocycles. The molecule has 0 aliphatic heterocycles. The summed E-state index contributed by atoms with van der Waals surface area (Å²) in [4.78, 5) is 10.1. The number of alkyl halides is 2. The Morgan fingerprint density at radius 1 is 1.30 bits per heavy atom. The maximum absolute atomic E-state index is 11.0. The van der Waals surface area contributed by atoms with E-state index in [1.54, 1.807) is 24.3 Å². The molecule has 1 nitrogen and oxygen atoms in total. The maximum Gasteiger partial charge on any atom is 0.176 e. The minimum Gasteiger partial charge on any atom is -0.296 e. The first kappa shape index (κ1) is 7.83. The van der Waals surface area contributed by atoms with E-state index < -0.39 is 4.84 Å². The summed E-state index contributed by atoms with van der Waals surface area (Å²) in [5.41, 5.74) is 0. The third-order valence-corrected chi connectivity index (χ3v) is 1.72. The van der Waals surface area contributed by atoms with Gasteiger partial charge in [-0.3, -0.25) is 4.79 Å². The van der Waals surface area contributed by atoms with Gasteiger partial charge < -0.3 is 0 Å². The quantitative estimate of drug-likeness (QED) is 0.590. The van der Waals surface area contributed by atoms with Crippen LogP contribution in [0.4, 0.5) is 0 Å². The Balaban J connectivity index is 2.58. The summed E-state index contributed by atoms with van der Waals surface area (Å²) in [6, 6.07) is 0. The smallest absolute Gasteiger partial charge is 0.176 e. The van der Waals surface area contributed by atoms with Gasteiger partial charge in [0.05, 0.1) is 5.92 Å². The summed E-state index contributed by atoms with van der Waals surface area (Å²) in [6.07, 6.45) is 7.14. The van der Waals surface area contributed by atoms with Crippen LogP contribution in [0.1, 0.15) is 0 Å². The number of allylic oxidation sites excluding steroid dienone is 4. The second-order valence-electron chi connectivity index (χ2n) is 2.00. The number of halogens is 2. The standard InChI is InChI=1S/C7H6Cl2O/c8-7(9)6(10)5-3-1-2-4-5/h1-5,7H. The molecular formula is C7H6Cl2O. The molecule has 0 atom stereocenters. The number of carbonyl (C=O) groups is 1. The lowest BCUT2D eigenvalue weighted by Crippen LogP contribution is -2.15. The minimum absolute atomic E-state index is 0.159. The average Bonchev–Trinajstić information content (AvgIpc) is 2.36. The average molecular weight is 177 g/mol. The zero-order chi connectivity index (χ0) is 7.56. The Morgan fingerprint density at radius 3 is 2.20 bits per heavy atom. The van der Waals surface area contributed by atoms with E-state index in [1.807, 2.05) is 0 Å². The molecule has 0 unspecified atom stereocenters. The van der Waals surface area contributed by atoms with E-state index in [4.69, 9.17) is 23.2 Å². The summed E-state index contributed by atoms with van der Waals surface area (Å²) in [5.74, 6) is -0.367. The zero-order valence-corrected chi connectivity index (χ0v) is 6.64. The van der Waals surface area contributed by atoms with Gasteiger partial charge in [0.1, 0.15) is 0 Å². The second kappa shape index (κ2) is 3.22. The van der Waals surface area contributed by atoms with Gasteiger partial charge in [0.2, 0.25) is 0 Å². The Morgan fingerprint density at radius 2 is 1.80 bits per heavy atom. The lowest BCUT2D eigenvalue weighted by atomic mass is 10.1. The van der Waals surface area contributed by atoms with Crippen LogP contribution in [0, 0.1) is 5.92 Å². The van der Waals surface area contributed by atoms with Crippen LogP contribution in [0.25, 0.3) is 0 Å². The zero-order valence-electron chi connectivity index (χ0n) is 5.13. The highest BCUT2D eigenvalue weighted by Gasteiger charge is 2.20. The monoisotopic (exact) mass is 176 g/mol. The Kier molecular flexibility index (Phi) is 2.52. The molecule has 10 heavy (non-hydrogen) atoms. The van der Waals surface area contributed by atoms with Gasteiger partial charge >= 0.3 is 0 Å². The van der Waals surface area contributed by atoms with Crippen molar-refractivity contribution in [3.8, 4) is 0 Å². The van der Waals surface area contributed by atoms with Crippen LogP contribution in [-0.2, 0) is 4.79 Å². The molecule has 1 rings (SSSR count). The van der Waals surface area contributed by atoms with Crippen molar-refractivity contribution < 1.29 is 4.79 Å². The molecule has 0 saturated carbocycles. The minimum atomic E-state index is -0.905. The number of hydrogen-bond acceptors (Lipinski definition) is 1. The third kappa shape index (κ3) is 1.61. The first-order chi connectivity index (χ1) is 4.72. The van der Waals surface area contributed by atoms with E-state index >= 15 is 0 Å². The normalized spacial score (nSPS) is 17.1. The van der Waals surface area contributed by atoms with E-state index in [-0.39, 0.29) is 11.7 Å². The maximum atomic E-state index is 11.0. The van der Waals surface area contributed by atoms with Crippen LogP contribution >= 0.6 is 23.2 Å². The van der Waals surface area contributed by atoms with Gasteiger partial charge in [-0.25, -0.2) is 0 Å². The first-order valence-corrected chi connectivity index (χ1v) is 3.76. The van der Waals surface area contributed by atoms with Crippen LogP contribution in [0.5, 0.6) is 0 Å². The summed E-state index contributed by atoms with van der Waals surface area (Å²) in [6.45, 7) is 0. The van der Waals surface area contributed by atoms with Gasteiger partial charge in [-0.1, -0.05) is 47.5 Å². The third-order valence-electron chi connectivity index (χ3n) is 1.29. The van der Waals surface area contributed by atoms with Crippen molar-refractivity contribution in [3.63, 3.8) is 0 Å². The van der Waals surface area contributed by atoms with Gasteiger partial charge in [-0.05, 0) is 0 Å². The Labute approximate surface area is 69.3 Å². The highest BCUT2D eigenvalue weighted by molar-refractivity contribution is 6.54. The van der Waals surface area contributed by atoms with Gasteiger partial charge in [0, 0.05) is 0 Å². The summed E-state index contributed by atoms with van der Waals surface area (Å²) in [7, 11) is 0. The number of hydrogen-bond donors (Lipinski definition) is 0. The number of ketones is 1. The fourth-order valence-corrected chi connectivity index (χ4v) is 1.06. The SMILES string of the molecule is O=C(C(Cl)Cl)C1C=CC=C1. The summed E-state index contributed by atoms with van der Waals surface area (Å²) in [5, 5.41) is 0. The van der Waals surface area contributed by atoms with Crippen LogP contribution in [-0.4, -0.2) is 10.6 Å². The molecule has 0 bridgehead atoms. The fourth-order valence-electron chi connectivity index (χ4n) is 0.767. The Hall–Kier alpha value is -0.270. The van der Waals surface area contributed by atoms with Crippen LogP contribution in [0.3, 0.4) is 0 Å². The van der Waals surface area contributed by atoms with Crippen molar-refractivity contribution in [1.82, 2.24) is 0 Å². The first-order valence-electron chi connectivity index (χ1n) is 2.88. The Bertz CT molecular complexity index is 182. The van der Waals surface area contributed by atoms with E-state index in [9.17, 15) is 4.79 Å². The molecule has 0 radical (unpaired) electrons. The van der Waals surface area contributed by atoms with Gasteiger partial charge in [0.15, 0.2) is 10.6 Å². The van der Waals surface area contributed by atoms with Crippen LogP contribution in [0.15, 0.2) is 24.3 Å². The molecule has 0 aromatic heterocycles. The number of carbonyl (C=O) groups excluding carboxylic acids is 1. The molecule has 0 aromatic rings. The molecular weight excluding hydrogens is 171 g/mol. The second-order valence-corrected chi connectivity index (χ2v) is 3.09. The molecule has 0 heterocycles. The molecule has 1 aliphatic rings. The predicted molar refractivity (Wildman–Crippen MR) is 42.3 cm³/mol. The van der Waals surface area contributed by atoms with E-state index in [0.29, 0.717) is 0 Å². The van der Waals surface area contributed by atoms with Crippen molar-refractivity contribution in [2.45, 2.75) is 4.84 Å². The molecule has 0 aromatic carbocycles. The topological polar surface area (TPSA) is 17.1 Å². The number of rotatable bonds is 2. The molecule has 0 N–H and O–H groups in total. The van der Waals surface area contributed by atoms with Crippen molar-refractivity contribution in [2.24, 2.45) is 5.92 Å². The highest BCUT2D eigenvalue weighted by Crippen LogP contribution is 2.16. The van der Waals surface area contributed by atoms with Gasteiger partial charge in [-0.2, -0.15) is 0 Å². The summed E-state index contributed by atoms with van der Waals surface area (Å²) < 4.78 is 0. The van der Waals surface area contributed by atoms with Crippen LogP contribution in [0.2, 0.25) is 0 Å². The van der Waals surface area contributed by atoms with Crippen molar-refractivity contribution in [2.75, 3.05) is 0 Å². The highest BCUT2D eigenvalue weighted by atomic mass is 35.5. The molecule has 3 heteroatoms. The molecule has 0 spiro atoms. The van der Waals surface area contributed by atoms with Gasteiger partial charge in [-0.15, -0.1) is 0 Å². The molecule has 1 aliphatic carbocycles.